The lowest BCUT2D eigenvalue weighted by Crippen LogP contribution is -2.12. The van der Waals surface area contributed by atoms with Crippen molar-refractivity contribution in [2.24, 2.45) is 0 Å². The molecule has 0 amide bonds. The van der Waals surface area contributed by atoms with Crippen molar-refractivity contribution in [3.05, 3.63) is 28.5 Å². The van der Waals surface area contributed by atoms with Gasteiger partial charge in [0, 0.05) is 5.41 Å². The van der Waals surface area contributed by atoms with Gasteiger partial charge in [-0.05, 0) is 28.1 Å². The summed E-state index contributed by atoms with van der Waals surface area (Å²) in [6.45, 7) is 6.40. The number of aromatic nitrogens is 2. The van der Waals surface area contributed by atoms with Crippen LogP contribution in [0.1, 0.15) is 26.5 Å². The van der Waals surface area contributed by atoms with Crippen molar-refractivity contribution in [2.75, 3.05) is 5.73 Å². The molecule has 2 aromatic rings. The highest BCUT2D eigenvalue weighted by Gasteiger charge is 2.22. The number of hydrogen-bond donors (Lipinski definition) is 1. The van der Waals surface area contributed by atoms with E-state index in [-0.39, 0.29) is 5.41 Å². The molecule has 0 unspecified atom stereocenters. The molecule has 0 atom stereocenters. The standard InChI is InChI=1S/C11H14BrN3/c1-11(2,3)9-10(12)15-7(13)5-4-6-8(15)14-9/h4-6H,13H2,1-3H3. The molecular formula is C11H14BrN3. The monoisotopic (exact) mass is 267 g/mol. The number of nitrogen functional groups attached to an aromatic ring is 1. The van der Waals surface area contributed by atoms with Gasteiger partial charge in [-0.1, -0.05) is 26.8 Å². The van der Waals surface area contributed by atoms with Gasteiger partial charge >= 0.3 is 0 Å². The van der Waals surface area contributed by atoms with E-state index in [9.17, 15) is 0 Å². The van der Waals surface area contributed by atoms with Crippen molar-refractivity contribution >= 4 is 27.4 Å². The van der Waals surface area contributed by atoms with Gasteiger partial charge in [0.05, 0.1) is 5.69 Å². The van der Waals surface area contributed by atoms with Crippen LogP contribution in [0.5, 0.6) is 0 Å². The van der Waals surface area contributed by atoms with Crippen LogP contribution in [-0.2, 0) is 5.41 Å². The second-order valence-electron chi connectivity index (χ2n) is 4.65. The Bertz CT molecular complexity index is 508. The van der Waals surface area contributed by atoms with Crippen LogP contribution in [0, 0.1) is 0 Å². The third kappa shape index (κ3) is 1.63. The summed E-state index contributed by atoms with van der Waals surface area (Å²) < 4.78 is 2.86. The summed E-state index contributed by atoms with van der Waals surface area (Å²) in [4.78, 5) is 4.58. The van der Waals surface area contributed by atoms with Crippen molar-refractivity contribution in [2.45, 2.75) is 26.2 Å². The zero-order valence-electron chi connectivity index (χ0n) is 9.08. The van der Waals surface area contributed by atoms with E-state index in [0.29, 0.717) is 5.82 Å². The van der Waals surface area contributed by atoms with E-state index in [4.69, 9.17) is 5.73 Å². The summed E-state index contributed by atoms with van der Waals surface area (Å²) in [5.41, 5.74) is 7.83. The van der Waals surface area contributed by atoms with Gasteiger partial charge in [0.25, 0.3) is 0 Å². The normalized spacial score (nSPS) is 12.3. The van der Waals surface area contributed by atoms with E-state index in [1.165, 1.54) is 0 Å². The molecular weight excluding hydrogens is 254 g/mol. The molecule has 15 heavy (non-hydrogen) atoms. The summed E-state index contributed by atoms with van der Waals surface area (Å²) in [5, 5.41) is 0. The molecule has 0 radical (unpaired) electrons. The fourth-order valence-corrected chi connectivity index (χ4v) is 2.63. The Morgan fingerprint density at radius 1 is 1.33 bits per heavy atom. The Balaban J connectivity index is 2.82. The Kier molecular flexibility index (Phi) is 2.26. The van der Waals surface area contributed by atoms with Crippen LogP contribution in [0.15, 0.2) is 22.8 Å². The summed E-state index contributed by atoms with van der Waals surface area (Å²) in [7, 11) is 0. The largest absolute Gasteiger partial charge is 0.385 e. The fraction of sp³-hybridized carbons (Fsp3) is 0.364. The maximum absolute atomic E-state index is 5.91. The summed E-state index contributed by atoms with van der Waals surface area (Å²) >= 11 is 3.56. The molecule has 2 N–H and O–H groups in total. The number of halogens is 1. The van der Waals surface area contributed by atoms with Gasteiger partial charge in [0.15, 0.2) is 0 Å². The lowest BCUT2D eigenvalue weighted by Gasteiger charge is -2.15. The molecule has 0 aliphatic rings. The number of nitrogens with two attached hydrogens (primary N) is 1. The first-order chi connectivity index (χ1) is 6.91. The Morgan fingerprint density at radius 3 is 2.53 bits per heavy atom. The third-order valence-electron chi connectivity index (χ3n) is 2.33. The molecule has 80 valence electrons. The van der Waals surface area contributed by atoms with Crippen LogP contribution in [0.4, 0.5) is 5.82 Å². The van der Waals surface area contributed by atoms with Crippen molar-refractivity contribution < 1.29 is 0 Å². The van der Waals surface area contributed by atoms with E-state index >= 15 is 0 Å². The SMILES string of the molecule is CC(C)(C)c1nc2cccc(N)n2c1Br. The topological polar surface area (TPSA) is 43.3 Å². The molecule has 2 aromatic heterocycles. The molecule has 3 nitrogen and oxygen atoms in total. The van der Waals surface area contributed by atoms with Crippen LogP contribution in [0.2, 0.25) is 0 Å². The highest BCUT2D eigenvalue weighted by atomic mass is 79.9. The van der Waals surface area contributed by atoms with E-state index < -0.39 is 0 Å². The third-order valence-corrected chi connectivity index (χ3v) is 3.06. The number of nitrogens with zero attached hydrogens (tertiary/aromatic N) is 2. The van der Waals surface area contributed by atoms with Crippen LogP contribution < -0.4 is 5.73 Å². The van der Waals surface area contributed by atoms with Crippen molar-refractivity contribution in [1.29, 1.82) is 0 Å². The summed E-state index contributed by atoms with van der Waals surface area (Å²) in [5.74, 6) is 0.697. The van der Waals surface area contributed by atoms with Crippen molar-refractivity contribution in [1.82, 2.24) is 9.38 Å². The average molecular weight is 268 g/mol. The van der Waals surface area contributed by atoms with Crippen LogP contribution in [0.3, 0.4) is 0 Å². The van der Waals surface area contributed by atoms with E-state index in [1.807, 2.05) is 22.6 Å². The highest BCUT2D eigenvalue weighted by molar-refractivity contribution is 9.10. The number of fused-ring (bicyclic) bond motifs is 1. The summed E-state index contributed by atoms with van der Waals surface area (Å²) in [6.07, 6.45) is 0. The van der Waals surface area contributed by atoms with Crippen molar-refractivity contribution in [3.8, 4) is 0 Å². The van der Waals surface area contributed by atoms with Crippen LogP contribution in [0.25, 0.3) is 5.65 Å². The molecule has 2 heterocycles. The van der Waals surface area contributed by atoms with Crippen LogP contribution in [-0.4, -0.2) is 9.38 Å². The van der Waals surface area contributed by atoms with Crippen molar-refractivity contribution in [3.63, 3.8) is 0 Å². The smallest absolute Gasteiger partial charge is 0.139 e. The summed E-state index contributed by atoms with van der Waals surface area (Å²) in [6, 6.07) is 5.73. The van der Waals surface area contributed by atoms with Gasteiger partial charge in [-0.3, -0.25) is 4.40 Å². The minimum Gasteiger partial charge on any atom is -0.385 e. The van der Waals surface area contributed by atoms with Gasteiger partial charge in [0.2, 0.25) is 0 Å². The molecule has 0 spiro atoms. The molecule has 0 saturated heterocycles. The van der Waals surface area contributed by atoms with E-state index in [1.54, 1.807) is 0 Å². The maximum atomic E-state index is 5.91. The second-order valence-corrected chi connectivity index (χ2v) is 5.40. The van der Waals surface area contributed by atoms with Gasteiger partial charge in [-0.2, -0.15) is 0 Å². The first kappa shape index (κ1) is 10.5. The zero-order valence-corrected chi connectivity index (χ0v) is 10.7. The Morgan fingerprint density at radius 2 is 2.00 bits per heavy atom. The van der Waals surface area contributed by atoms with Gasteiger partial charge in [0.1, 0.15) is 16.1 Å². The number of rotatable bonds is 0. The molecule has 4 heteroatoms. The lowest BCUT2D eigenvalue weighted by molar-refractivity contribution is 0.569. The number of anilines is 1. The molecule has 0 aliphatic heterocycles. The lowest BCUT2D eigenvalue weighted by atomic mass is 9.93. The second kappa shape index (κ2) is 3.23. The Hall–Kier alpha value is -1.03. The molecule has 0 aliphatic carbocycles. The molecule has 0 saturated carbocycles. The van der Waals surface area contributed by atoms with Gasteiger partial charge in [-0.15, -0.1) is 0 Å². The quantitative estimate of drug-likeness (QED) is 0.798. The predicted molar refractivity (Wildman–Crippen MR) is 66.0 cm³/mol. The van der Waals surface area contributed by atoms with Crippen LogP contribution >= 0.6 is 15.9 Å². The molecule has 0 bridgehead atoms. The minimum absolute atomic E-state index is 0.0112. The number of imidazole rings is 1. The van der Waals surface area contributed by atoms with E-state index in [0.717, 1.165) is 15.9 Å². The van der Waals surface area contributed by atoms with Gasteiger partial charge in [-0.25, -0.2) is 4.98 Å². The maximum Gasteiger partial charge on any atom is 0.139 e. The predicted octanol–water partition coefficient (Wildman–Crippen LogP) is 2.98. The highest BCUT2D eigenvalue weighted by Crippen LogP contribution is 2.31. The fourth-order valence-electron chi connectivity index (χ4n) is 1.56. The van der Waals surface area contributed by atoms with Gasteiger partial charge < -0.3 is 5.73 Å². The number of pyridine rings is 1. The zero-order chi connectivity index (χ0) is 11.2. The average Bonchev–Trinajstić information content (AvgIpc) is 2.44. The number of hydrogen-bond acceptors (Lipinski definition) is 2. The Labute approximate surface area is 97.4 Å². The van der Waals surface area contributed by atoms with E-state index in [2.05, 4.69) is 41.7 Å². The molecule has 2 rings (SSSR count). The first-order valence-electron chi connectivity index (χ1n) is 4.84. The first-order valence-corrected chi connectivity index (χ1v) is 5.63. The molecule has 0 aromatic carbocycles. The molecule has 0 fully saturated rings. The minimum atomic E-state index is 0.0112.